The Labute approximate surface area is 157 Å². The number of aryl methyl sites for hydroxylation is 1. The maximum Gasteiger partial charge on any atom is 0.252 e. The molecule has 2 aromatic rings. The van der Waals surface area contributed by atoms with Crippen LogP contribution in [-0.2, 0) is 9.53 Å². The highest BCUT2D eigenvalue weighted by atomic mass is 16.5. The fraction of sp³-hybridized carbons (Fsp3) is 0.579. The Balaban J connectivity index is 1.76. The van der Waals surface area contributed by atoms with Crippen LogP contribution in [0.3, 0.4) is 0 Å². The minimum Gasteiger partial charge on any atom is -0.365 e. The summed E-state index contributed by atoms with van der Waals surface area (Å²) in [5.41, 5.74) is 1.59. The van der Waals surface area contributed by atoms with E-state index in [2.05, 4.69) is 10.3 Å². The second-order valence-corrected chi connectivity index (χ2v) is 7.30. The summed E-state index contributed by atoms with van der Waals surface area (Å²) < 4.78 is 7.39. The van der Waals surface area contributed by atoms with Gasteiger partial charge in [0.05, 0.1) is 13.2 Å². The minimum absolute atomic E-state index is 0.00163. The summed E-state index contributed by atoms with van der Waals surface area (Å²) in [5, 5.41) is 3.52. The van der Waals surface area contributed by atoms with Crippen LogP contribution in [0.1, 0.15) is 37.3 Å². The van der Waals surface area contributed by atoms with Crippen LogP contribution in [0.15, 0.2) is 17.1 Å². The number of ether oxygens (including phenoxy) is 1. The van der Waals surface area contributed by atoms with E-state index < -0.39 is 6.10 Å². The van der Waals surface area contributed by atoms with Crippen molar-refractivity contribution < 1.29 is 9.53 Å². The molecule has 1 N–H and O–H groups in total. The van der Waals surface area contributed by atoms with E-state index in [0.29, 0.717) is 31.3 Å². The molecule has 2 aromatic heterocycles. The molecule has 1 aliphatic carbocycles. The Bertz CT molecular complexity index is 919. The van der Waals surface area contributed by atoms with Crippen LogP contribution in [0.2, 0.25) is 0 Å². The first-order valence-electron chi connectivity index (χ1n) is 9.55. The number of carbonyl (C=O) groups is 1. The number of likely N-dealkylation sites (N-methyl/N-ethyl adjacent to an activating group) is 1. The Morgan fingerprint density at radius 3 is 2.85 bits per heavy atom. The molecule has 8 heteroatoms. The van der Waals surface area contributed by atoms with Crippen molar-refractivity contribution in [1.82, 2.24) is 19.9 Å². The van der Waals surface area contributed by atoms with Crippen LogP contribution in [0, 0.1) is 6.92 Å². The quantitative estimate of drug-likeness (QED) is 0.871. The van der Waals surface area contributed by atoms with Crippen molar-refractivity contribution in [1.29, 1.82) is 0 Å². The van der Waals surface area contributed by atoms with Crippen molar-refractivity contribution in [3.8, 4) is 0 Å². The number of hydrogen-bond donors (Lipinski definition) is 1. The molecule has 4 rings (SSSR count). The van der Waals surface area contributed by atoms with Crippen molar-refractivity contribution in [2.24, 2.45) is 0 Å². The summed E-state index contributed by atoms with van der Waals surface area (Å²) >= 11 is 0. The lowest BCUT2D eigenvalue weighted by molar-refractivity contribution is -0.132. The molecule has 1 aliphatic heterocycles. The van der Waals surface area contributed by atoms with Crippen molar-refractivity contribution in [2.75, 3.05) is 31.6 Å². The molecular weight excluding hydrogens is 346 g/mol. The van der Waals surface area contributed by atoms with E-state index in [-0.39, 0.29) is 17.5 Å². The van der Waals surface area contributed by atoms with Gasteiger partial charge in [0.1, 0.15) is 5.65 Å². The molecule has 3 heterocycles. The Morgan fingerprint density at radius 2 is 2.11 bits per heavy atom. The molecular formula is C19H25N5O3. The highest BCUT2D eigenvalue weighted by Crippen LogP contribution is 2.31. The second-order valence-electron chi connectivity index (χ2n) is 7.30. The van der Waals surface area contributed by atoms with Gasteiger partial charge in [-0.3, -0.25) is 14.2 Å². The van der Waals surface area contributed by atoms with Gasteiger partial charge in [-0.25, -0.2) is 4.98 Å². The number of pyridine rings is 1. The molecule has 0 radical (unpaired) electrons. The van der Waals surface area contributed by atoms with Gasteiger partial charge in [-0.15, -0.1) is 0 Å². The van der Waals surface area contributed by atoms with E-state index in [4.69, 9.17) is 9.72 Å². The van der Waals surface area contributed by atoms with Gasteiger partial charge in [0.2, 0.25) is 5.95 Å². The lowest BCUT2D eigenvalue weighted by atomic mass is 10.1. The van der Waals surface area contributed by atoms with Gasteiger partial charge in [-0.2, -0.15) is 4.98 Å². The van der Waals surface area contributed by atoms with Gasteiger partial charge in [-0.1, -0.05) is 12.8 Å². The fourth-order valence-corrected chi connectivity index (χ4v) is 4.08. The van der Waals surface area contributed by atoms with E-state index in [0.717, 1.165) is 36.6 Å². The number of nitrogens with one attached hydrogen (secondary N) is 1. The molecule has 1 atom stereocenters. The molecule has 2 aliphatic rings. The molecule has 0 spiro atoms. The normalized spacial score (nSPS) is 21.0. The molecule has 1 unspecified atom stereocenters. The summed E-state index contributed by atoms with van der Waals surface area (Å²) in [5.74, 6) is 0.385. The van der Waals surface area contributed by atoms with Crippen molar-refractivity contribution >= 4 is 22.9 Å². The third-order valence-corrected chi connectivity index (χ3v) is 5.56. The topological polar surface area (TPSA) is 89.4 Å². The van der Waals surface area contributed by atoms with Crippen LogP contribution < -0.4 is 15.8 Å². The van der Waals surface area contributed by atoms with E-state index >= 15 is 0 Å². The lowest BCUT2D eigenvalue weighted by Crippen LogP contribution is -2.49. The molecule has 144 valence electrons. The number of carbonyl (C=O) groups excluding carboxylic acids is 1. The molecule has 0 bridgehead atoms. The molecule has 2 fully saturated rings. The van der Waals surface area contributed by atoms with Crippen LogP contribution in [0.4, 0.5) is 5.95 Å². The SMILES string of the molecule is CNC(=O)C1CN(c2ncc3c(C)cc(=O)n(C4CCCC4)c3n2)CCO1. The predicted octanol–water partition coefficient (Wildman–Crippen LogP) is 1.17. The molecule has 8 nitrogen and oxygen atoms in total. The number of rotatable bonds is 3. The summed E-state index contributed by atoms with van der Waals surface area (Å²) in [6.45, 7) is 3.36. The first-order chi connectivity index (χ1) is 13.1. The van der Waals surface area contributed by atoms with Crippen LogP contribution in [-0.4, -0.2) is 53.3 Å². The summed E-state index contributed by atoms with van der Waals surface area (Å²) in [4.78, 5) is 35.9. The van der Waals surface area contributed by atoms with Gasteiger partial charge >= 0.3 is 0 Å². The zero-order valence-corrected chi connectivity index (χ0v) is 15.8. The van der Waals surface area contributed by atoms with Gasteiger partial charge < -0.3 is 15.0 Å². The maximum absolute atomic E-state index is 12.7. The summed E-state index contributed by atoms with van der Waals surface area (Å²) in [7, 11) is 1.60. The Morgan fingerprint density at radius 1 is 1.33 bits per heavy atom. The third kappa shape index (κ3) is 3.29. The number of aromatic nitrogens is 3. The van der Waals surface area contributed by atoms with Gasteiger partial charge in [0.15, 0.2) is 6.10 Å². The maximum atomic E-state index is 12.7. The second kappa shape index (κ2) is 7.26. The van der Waals surface area contributed by atoms with Crippen molar-refractivity contribution in [3.63, 3.8) is 0 Å². The number of morpholine rings is 1. The van der Waals surface area contributed by atoms with Crippen LogP contribution in [0.25, 0.3) is 11.0 Å². The Kier molecular flexibility index (Phi) is 4.82. The van der Waals surface area contributed by atoms with E-state index in [9.17, 15) is 9.59 Å². The van der Waals surface area contributed by atoms with Crippen LogP contribution >= 0.6 is 0 Å². The molecule has 27 heavy (non-hydrogen) atoms. The van der Waals surface area contributed by atoms with E-state index in [1.807, 2.05) is 16.4 Å². The third-order valence-electron chi connectivity index (χ3n) is 5.56. The van der Waals surface area contributed by atoms with Crippen molar-refractivity contribution in [3.05, 3.63) is 28.2 Å². The molecule has 0 aromatic carbocycles. The minimum atomic E-state index is -0.544. The number of fused-ring (bicyclic) bond motifs is 1. The first-order valence-corrected chi connectivity index (χ1v) is 9.55. The van der Waals surface area contributed by atoms with Crippen LogP contribution in [0.5, 0.6) is 0 Å². The number of hydrogen-bond acceptors (Lipinski definition) is 6. The largest absolute Gasteiger partial charge is 0.365 e. The van der Waals surface area contributed by atoms with Gasteiger partial charge in [-0.05, 0) is 25.3 Å². The highest BCUT2D eigenvalue weighted by molar-refractivity contribution is 5.82. The molecule has 1 saturated carbocycles. The number of amides is 1. The van der Waals surface area contributed by atoms with Gasteiger partial charge in [0.25, 0.3) is 11.5 Å². The zero-order valence-electron chi connectivity index (χ0n) is 15.8. The van der Waals surface area contributed by atoms with Gasteiger partial charge in [0, 0.05) is 37.3 Å². The highest BCUT2D eigenvalue weighted by Gasteiger charge is 2.28. The lowest BCUT2D eigenvalue weighted by Gasteiger charge is -2.32. The van der Waals surface area contributed by atoms with E-state index in [1.165, 1.54) is 0 Å². The summed E-state index contributed by atoms with van der Waals surface area (Å²) in [6, 6.07) is 1.88. The Hall–Kier alpha value is -2.48. The standard InChI is InChI=1S/C19H25N5O3/c1-12-9-16(25)24(13-5-3-4-6-13)17-14(12)10-21-19(22-17)23-7-8-27-15(11-23)18(26)20-2/h9-10,13,15H,3-8,11H2,1-2H3,(H,20,26). The summed E-state index contributed by atoms with van der Waals surface area (Å²) in [6.07, 6.45) is 5.55. The number of anilines is 1. The first kappa shape index (κ1) is 17.9. The smallest absolute Gasteiger partial charge is 0.252 e. The number of nitrogens with zero attached hydrogens (tertiary/aromatic N) is 4. The average Bonchev–Trinajstić information content (AvgIpc) is 3.21. The monoisotopic (exact) mass is 371 g/mol. The fourth-order valence-electron chi connectivity index (χ4n) is 4.08. The average molecular weight is 371 g/mol. The molecule has 1 saturated heterocycles. The predicted molar refractivity (Wildman–Crippen MR) is 102 cm³/mol. The zero-order chi connectivity index (χ0) is 19.0. The van der Waals surface area contributed by atoms with Crippen molar-refractivity contribution in [2.45, 2.75) is 44.8 Å². The molecule has 1 amide bonds. The van der Waals surface area contributed by atoms with E-state index in [1.54, 1.807) is 19.3 Å².